The van der Waals surface area contributed by atoms with E-state index in [1.165, 1.54) is 19.3 Å². The van der Waals surface area contributed by atoms with E-state index in [0.29, 0.717) is 34.9 Å². The minimum Gasteiger partial charge on any atom is -0.346 e. The maximum atomic E-state index is 12.1. The Labute approximate surface area is 145 Å². The highest BCUT2D eigenvalue weighted by molar-refractivity contribution is 6.33. The lowest BCUT2D eigenvalue weighted by atomic mass is 10.1. The topological polar surface area (TPSA) is 71.3 Å². The second kappa shape index (κ2) is 6.53. The third-order valence-corrected chi connectivity index (χ3v) is 5.22. The van der Waals surface area contributed by atoms with Crippen LogP contribution in [0.4, 0.5) is 0 Å². The van der Waals surface area contributed by atoms with Crippen molar-refractivity contribution in [1.82, 2.24) is 20.4 Å². The first kappa shape index (κ1) is 15.6. The van der Waals surface area contributed by atoms with Crippen molar-refractivity contribution in [2.24, 2.45) is 5.92 Å². The Morgan fingerprint density at radius 1 is 1.38 bits per heavy atom. The van der Waals surface area contributed by atoms with Crippen LogP contribution in [0.1, 0.15) is 25.2 Å². The van der Waals surface area contributed by atoms with Crippen molar-refractivity contribution < 1.29 is 9.32 Å². The van der Waals surface area contributed by atoms with Gasteiger partial charge in [0.05, 0.1) is 18.1 Å². The molecule has 1 N–H and O–H groups in total. The smallest absolute Gasteiger partial charge is 0.246 e. The van der Waals surface area contributed by atoms with E-state index in [-0.39, 0.29) is 12.5 Å². The van der Waals surface area contributed by atoms with Crippen LogP contribution in [-0.2, 0) is 11.3 Å². The molecule has 2 heterocycles. The molecule has 1 aliphatic heterocycles. The number of hydrogen-bond donors (Lipinski definition) is 1. The molecule has 24 heavy (non-hydrogen) atoms. The largest absolute Gasteiger partial charge is 0.346 e. The predicted molar refractivity (Wildman–Crippen MR) is 89.3 cm³/mol. The number of rotatable bonds is 5. The number of carbonyl (C=O) groups is 1. The van der Waals surface area contributed by atoms with Crippen LogP contribution in [0.2, 0.25) is 5.02 Å². The van der Waals surface area contributed by atoms with Crippen molar-refractivity contribution in [2.75, 3.05) is 13.1 Å². The zero-order chi connectivity index (χ0) is 16.5. The predicted octanol–water partition coefficient (Wildman–Crippen LogP) is 2.49. The molecule has 1 amide bonds. The van der Waals surface area contributed by atoms with Gasteiger partial charge in [0.15, 0.2) is 0 Å². The molecule has 2 atom stereocenters. The minimum absolute atomic E-state index is 0.0000403. The average molecular weight is 347 g/mol. The minimum atomic E-state index is 0.0000403. The van der Waals surface area contributed by atoms with Crippen molar-refractivity contribution in [3.05, 3.63) is 35.2 Å². The maximum absolute atomic E-state index is 12.1. The highest BCUT2D eigenvalue weighted by atomic mass is 35.5. The van der Waals surface area contributed by atoms with Gasteiger partial charge in [0.2, 0.25) is 17.6 Å². The van der Waals surface area contributed by atoms with Gasteiger partial charge in [-0.25, -0.2) is 0 Å². The molecule has 0 radical (unpaired) electrons. The molecule has 0 unspecified atom stereocenters. The summed E-state index contributed by atoms with van der Waals surface area (Å²) in [5.41, 5.74) is 0.716. The Hall–Kier alpha value is -1.92. The summed E-state index contributed by atoms with van der Waals surface area (Å²) in [6, 6.07) is 7.91. The molecule has 2 fully saturated rings. The first-order valence-electron chi connectivity index (χ1n) is 8.27. The number of fused-ring (bicyclic) bond motifs is 2. The Bertz CT molecular complexity index is 748. The average Bonchev–Trinajstić information content (AvgIpc) is 3.30. The Morgan fingerprint density at radius 2 is 2.25 bits per heavy atom. The second-order valence-corrected chi connectivity index (χ2v) is 6.94. The van der Waals surface area contributed by atoms with E-state index < -0.39 is 0 Å². The van der Waals surface area contributed by atoms with Gasteiger partial charge in [-0.05, 0) is 37.3 Å². The molecule has 2 bridgehead atoms. The summed E-state index contributed by atoms with van der Waals surface area (Å²) in [7, 11) is 0. The zero-order valence-electron chi connectivity index (χ0n) is 13.2. The van der Waals surface area contributed by atoms with E-state index >= 15 is 0 Å². The van der Waals surface area contributed by atoms with Gasteiger partial charge in [0.25, 0.3) is 0 Å². The third-order valence-electron chi connectivity index (χ3n) is 4.89. The van der Waals surface area contributed by atoms with Gasteiger partial charge in [-0.3, -0.25) is 9.69 Å². The number of aromatic nitrogens is 2. The Morgan fingerprint density at radius 3 is 3.00 bits per heavy atom. The number of nitrogens with one attached hydrogen (secondary N) is 1. The van der Waals surface area contributed by atoms with Gasteiger partial charge in [0, 0.05) is 18.2 Å². The summed E-state index contributed by atoms with van der Waals surface area (Å²) >= 11 is 6.12. The summed E-state index contributed by atoms with van der Waals surface area (Å²) in [5.74, 6) is 1.60. The van der Waals surface area contributed by atoms with E-state index in [9.17, 15) is 4.79 Å². The lowest BCUT2D eigenvalue weighted by Gasteiger charge is -2.25. The lowest BCUT2D eigenvalue weighted by molar-refractivity contribution is -0.122. The van der Waals surface area contributed by atoms with Gasteiger partial charge >= 0.3 is 0 Å². The van der Waals surface area contributed by atoms with Gasteiger partial charge in [-0.2, -0.15) is 4.98 Å². The van der Waals surface area contributed by atoms with E-state index in [0.717, 1.165) is 12.5 Å². The van der Waals surface area contributed by atoms with Crippen LogP contribution in [0.3, 0.4) is 0 Å². The first-order chi connectivity index (χ1) is 11.7. The summed E-state index contributed by atoms with van der Waals surface area (Å²) in [6.07, 6.45) is 3.79. The number of carbonyl (C=O) groups excluding carboxylic acids is 1. The second-order valence-electron chi connectivity index (χ2n) is 6.53. The number of amides is 1. The van der Waals surface area contributed by atoms with Crippen LogP contribution < -0.4 is 5.32 Å². The molecule has 1 aromatic carbocycles. The highest BCUT2D eigenvalue weighted by Crippen LogP contribution is 2.36. The monoisotopic (exact) mass is 346 g/mol. The van der Waals surface area contributed by atoms with E-state index in [4.69, 9.17) is 16.1 Å². The molecule has 2 aromatic rings. The molecular formula is C17H19ClN4O2. The van der Waals surface area contributed by atoms with Crippen LogP contribution in [0.5, 0.6) is 0 Å². The zero-order valence-corrected chi connectivity index (χ0v) is 14.0. The summed E-state index contributed by atoms with van der Waals surface area (Å²) in [6.45, 7) is 1.74. The first-order valence-corrected chi connectivity index (χ1v) is 8.65. The normalized spacial score (nSPS) is 22.9. The number of piperidine rings is 1. The van der Waals surface area contributed by atoms with Gasteiger partial charge < -0.3 is 9.84 Å². The molecular weight excluding hydrogens is 328 g/mol. The van der Waals surface area contributed by atoms with Crippen LogP contribution >= 0.6 is 11.6 Å². The van der Waals surface area contributed by atoms with Gasteiger partial charge in [-0.15, -0.1) is 0 Å². The fraction of sp³-hybridized carbons (Fsp3) is 0.471. The Kier molecular flexibility index (Phi) is 4.24. The fourth-order valence-electron chi connectivity index (χ4n) is 3.71. The highest BCUT2D eigenvalue weighted by Gasteiger charge is 2.38. The molecule has 1 saturated carbocycles. The van der Waals surface area contributed by atoms with Crippen LogP contribution in [0.25, 0.3) is 11.4 Å². The number of halogens is 1. The SMILES string of the molecule is O=C(CN1C[C@@H]2CC[C@H]1C2)NCc1nc(-c2ccccc2Cl)no1. The molecule has 6 nitrogen and oxygen atoms in total. The van der Waals surface area contributed by atoms with E-state index in [1.807, 2.05) is 18.2 Å². The molecule has 4 rings (SSSR count). The molecule has 126 valence electrons. The summed E-state index contributed by atoms with van der Waals surface area (Å²) in [5, 5.41) is 7.35. The summed E-state index contributed by atoms with van der Waals surface area (Å²) < 4.78 is 5.20. The van der Waals surface area contributed by atoms with Crippen LogP contribution in [0.15, 0.2) is 28.8 Å². The standard InChI is InChI=1S/C17H19ClN4O2/c18-14-4-2-1-3-13(14)17-20-16(24-21-17)8-19-15(23)10-22-9-11-5-6-12(22)7-11/h1-4,11-12H,5-10H2,(H,19,23)/t11-,12+/m1/s1. The number of nitrogens with zero attached hydrogens (tertiary/aromatic N) is 3. The molecule has 7 heteroatoms. The lowest BCUT2D eigenvalue weighted by Crippen LogP contribution is -2.41. The molecule has 0 spiro atoms. The van der Waals surface area contributed by atoms with Crippen LogP contribution in [-0.4, -0.2) is 40.1 Å². The molecule has 2 aliphatic rings. The van der Waals surface area contributed by atoms with Crippen molar-refractivity contribution in [1.29, 1.82) is 0 Å². The maximum Gasteiger partial charge on any atom is 0.246 e. The number of hydrogen-bond acceptors (Lipinski definition) is 5. The quantitative estimate of drug-likeness (QED) is 0.900. The van der Waals surface area contributed by atoms with E-state index in [2.05, 4.69) is 20.4 Å². The molecule has 1 aromatic heterocycles. The molecule has 1 aliphatic carbocycles. The third kappa shape index (κ3) is 3.16. The van der Waals surface area contributed by atoms with Crippen molar-refractivity contribution in [3.8, 4) is 11.4 Å². The summed E-state index contributed by atoms with van der Waals surface area (Å²) in [4.78, 5) is 18.7. The van der Waals surface area contributed by atoms with Gasteiger partial charge in [-0.1, -0.05) is 28.9 Å². The van der Waals surface area contributed by atoms with Crippen molar-refractivity contribution >= 4 is 17.5 Å². The number of likely N-dealkylation sites (tertiary alicyclic amines) is 1. The van der Waals surface area contributed by atoms with E-state index in [1.54, 1.807) is 6.07 Å². The fourth-order valence-corrected chi connectivity index (χ4v) is 3.93. The van der Waals surface area contributed by atoms with Gasteiger partial charge in [0.1, 0.15) is 0 Å². The van der Waals surface area contributed by atoms with Crippen molar-refractivity contribution in [3.63, 3.8) is 0 Å². The van der Waals surface area contributed by atoms with Crippen LogP contribution in [0, 0.1) is 5.92 Å². The molecule has 1 saturated heterocycles. The Balaban J connectivity index is 1.32. The number of benzene rings is 1. The van der Waals surface area contributed by atoms with Crippen molar-refractivity contribution in [2.45, 2.75) is 31.8 Å².